The molecular formula is C12H14ClN2O2S+. The van der Waals surface area contributed by atoms with E-state index in [-0.39, 0.29) is 16.6 Å². The molecule has 0 aliphatic heterocycles. The molecule has 0 amide bonds. The lowest BCUT2D eigenvalue weighted by Gasteiger charge is -2.00. The van der Waals surface area contributed by atoms with E-state index in [2.05, 4.69) is 17.3 Å². The van der Waals surface area contributed by atoms with Gasteiger partial charge in [-0.15, -0.1) is 0 Å². The number of carbonyl (C=O) groups excluding carboxylic acids is 1. The van der Waals surface area contributed by atoms with Crippen LogP contribution in [0.2, 0.25) is 5.02 Å². The van der Waals surface area contributed by atoms with E-state index >= 15 is 0 Å². The van der Waals surface area contributed by atoms with Gasteiger partial charge in [-0.25, -0.2) is 4.79 Å². The summed E-state index contributed by atoms with van der Waals surface area (Å²) >= 11 is 5.74. The lowest BCUT2D eigenvalue weighted by Crippen LogP contribution is -2.22. The molecule has 18 heavy (non-hydrogen) atoms. The second-order valence-corrected chi connectivity index (χ2v) is 6.60. The van der Waals surface area contributed by atoms with Gasteiger partial charge < -0.3 is 10.3 Å². The normalized spacial score (nSPS) is 10.0. The maximum atomic E-state index is 11.7. The van der Waals surface area contributed by atoms with E-state index in [0.717, 1.165) is 5.75 Å². The van der Waals surface area contributed by atoms with Crippen LogP contribution in [-0.4, -0.2) is 41.3 Å². The van der Waals surface area contributed by atoms with Gasteiger partial charge in [0.1, 0.15) is 12.4 Å². The molecule has 0 aliphatic rings. The van der Waals surface area contributed by atoms with Crippen molar-refractivity contribution in [2.75, 3.05) is 24.9 Å². The first-order valence-corrected chi connectivity index (χ1v) is 7.82. The number of ether oxygens (including phenoxy) is 1. The Hall–Kier alpha value is -1.29. The molecule has 4 nitrogen and oxygen atoms in total. The molecule has 0 fully saturated rings. The van der Waals surface area contributed by atoms with Gasteiger partial charge in [-0.1, -0.05) is 11.6 Å². The van der Waals surface area contributed by atoms with Gasteiger partial charge in [0, 0.05) is 5.02 Å². The minimum absolute atomic E-state index is 0.112. The quantitative estimate of drug-likeness (QED) is 0.272. The predicted octanol–water partition coefficient (Wildman–Crippen LogP) is 1.78. The van der Waals surface area contributed by atoms with Crippen LogP contribution >= 0.6 is 11.6 Å². The van der Waals surface area contributed by atoms with Crippen LogP contribution in [0.25, 0.3) is 5.53 Å². The molecule has 0 unspecified atom stereocenters. The summed E-state index contributed by atoms with van der Waals surface area (Å²) in [5.41, 5.74) is 9.24. The SMILES string of the molecule is C[S+](C)CCOC(=O)C(=[N+]=[N-])c1ccc(Cl)cc1. The zero-order valence-corrected chi connectivity index (χ0v) is 11.8. The van der Waals surface area contributed by atoms with Gasteiger partial charge in [0.25, 0.3) is 0 Å². The average Bonchev–Trinajstić information content (AvgIpc) is 2.32. The Morgan fingerprint density at radius 1 is 1.39 bits per heavy atom. The molecule has 1 rings (SSSR count). The molecule has 0 aromatic heterocycles. The number of hydrogen-bond acceptors (Lipinski definition) is 2. The molecule has 0 N–H and O–H groups in total. The van der Waals surface area contributed by atoms with Crippen molar-refractivity contribution in [3.05, 3.63) is 40.4 Å². The molecule has 1 aromatic carbocycles. The van der Waals surface area contributed by atoms with Crippen molar-refractivity contribution in [2.45, 2.75) is 0 Å². The maximum Gasteiger partial charge on any atom is 0.422 e. The van der Waals surface area contributed by atoms with Gasteiger partial charge in [0.05, 0.1) is 18.1 Å². The van der Waals surface area contributed by atoms with Crippen molar-refractivity contribution < 1.29 is 14.3 Å². The van der Waals surface area contributed by atoms with Crippen LogP contribution in [0.15, 0.2) is 24.3 Å². The number of benzene rings is 1. The fourth-order valence-corrected chi connectivity index (χ4v) is 1.74. The van der Waals surface area contributed by atoms with Gasteiger partial charge in [0.2, 0.25) is 0 Å². The summed E-state index contributed by atoms with van der Waals surface area (Å²) in [4.78, 5) is 14.7. The zero-order valence-electron chi connectivity index (χ0n) is 10.2. The minimum Gasteiger partial charge on any atom is -0.452 e. The standard InChI is InChI=1S/C12H14ClN2O2S/c1-18(2)8-7-17-12(16)11(15-14)9-3-5-10(13)6-4-9/h3-6H,7-8H2,1-2H3/q+1. The number of carbonyl (C=O) groups is 1. The van der Waals surface area contributed by atoms with E-state index in [4.69, 9.17) is 21.9 Å². The highest BCUT2D eigenvalue weighted by molar-refractivity contribution is 7.95. The zero-order chi connectivity index (χ0) is 13.5. The van der Waals surface area contributed by atoms with Crippen molar-refractivity contribution in [3.8, 4) is 0 Å². The molecule has 0 atom stereocenters. The monoisotopic (exact) mass is 285 g/mol. The summed E-state index contributed by atoms with van der Waals surface area (Å²) in [6.45, 7) is 0.321. The van der Waals surface area contributed by atoms with Gasteiger partial charge >= 0.3 is 11.7 Å². The number of rotatable bonds is 5. The average molecular weight is 286 g/mol. The maximum absolute atomic E-state index is 11.7. The molecule has 6 heteroatoms. The van der Waals surface area contributed by atoms with E-state index in [9.17, 15) is 4.79 Å². The van der Waals surface area contributed by atoms with Crippen LogP contribution in [0, 0.1) is 0 Å². The van der Waals surface area contributed by atoms with Crippen LogP contribution in [0.5, 0.6) is 0 Å². The molecule has 0 spiro atoms. The van der Waals surface area contributed by atoms with E-state index in [1.54, 1.807) is 24.3 Å². The molecule has 0 saturated carbocycles. The van der Waals surface area contributed by atoms with Crippen LogP contribution in [0.1, 0.15) is 5.56 Å². The van der Waals surface area contributed by atoms with Crippen LogP contribution < -0.4 is 0 Å². The number of hydrogen-bond donors (Lipinski definition) is 0. The fourth-order valence-electron chi connectivity index (χ4n) is 1.19. The van der Waals surface area contributed by atoms with Crippen molar-refractivity contribution in [1.82, 2.24) is 0 Å². The van der Waals surface area contributed by atoms with Gasteiger partial charge in [0.15, 0.2) is 0 Å². The van der Waals surface area contributed by atoms with Gasteiger partial charge in [-0.2, -0.15) is 4.79 Å². The Morgan fingerprint density at radius 2 is 2.00 bits per heavy atom. The summed E-state index contributed by atoms with van der Waals surface area (Å²) in [5.74, 6) is 0.163. The Bertz CT molecular complexity index is 467. The second kappa shape index (κ2) is 7.21. The van der Waals surface area contributed by atoms with Crippen molar-refractivity contribution in [1.29, 1.82) is 0 Å². The molecule has 0 radical (unpaired) electrons. The highest BCUT2D eigenvalue weighted by Gasteiger charge is 2.24. The topological polar surface area (TPSA) is 62.7 Å². The van der Waals surface area contributed by atoms with E-state index < -0.39 is 5.97 Å². The van der Waals surface area contributed by atoms with Crippen LogP contribution in [0.3, 0.4) is 0 Å². The Kier molecular flexibility index (Phi) is 5.92. The van der Waals surface area contributed by atoms with E-state index in [1.165, 1.54) is 0 Å². The Morgan fingerprint density at radius 3 is 2.50 bits per heavy atom. The number of halogens is 1. The van der Waals surface area contributed by atoms with E-state index in [1.807, 2.05) is 0 Å². The molecule has 0 saturated heterocycles. The fraction of sp³-hybridized carbons (Fsp3) is 0.333. The summed E-state index contributed by atoms with van der Waals surface area (Å²) in [7, 11) is 0.208. The van der Waals surface area contributed by atoms with Crippen molar-refractivity contribution in [3.63, 3.8) is 0 Å². The van der Waals surface area contributed by atoms with E-state index in [0.29, 0.717) is 17.2 Å². The highest BCUT2D eigenvalue weighted by atomic mass is 35.5. The van der Waals surface area contributed by atoms with Crippen LogP contribution in [0.4, 0.5) is 0 Å². The van der Waals surface area contributed by atoms with Gasteiger partial charge in [-0.05, 0) is 35.2 Å². The minimum atomic E-state index is -0.634. The number of nitrogens with zero attached hydrogens (tertiary/aromatic N) is 2. The first-order valence-electron chi connectivity index (χ1n) is 5.24. The summed E-state index contributed by atoms with van der Waals surface area (Å²) in [6, 6.07) is 6.43. The lowest BCUT2D eigenvalue weighted by atomic mass is 10.1. The summed E-state index contributed by atoms with van der Waals surface area (Å²) in [5, 5.41) is 0.547. The molecule has 1 aromatic rings. The first-order chi connectivity index (χ1) is 8.54. The van der Waals surface area contributed by atoms with Gasteiger partial charge in [-0.3, -0.25) is 0 Å². The third kappa shape index (κ3) is 4.53. The van der Waals surface area contributed by atoms with Crippen molar-refractivity contribution >= 4 is 34.2 Å². The highest BCUT2D eigenvalue weighted by Crippen LogP contribution is 2.10. The lowest BCUT2D eigenvalue weighted by molar-refractivity contribution is -0.139. The van der Waals surface area contributed by atoms with Crippen molar-refractivity contribution in [2.24, 2.45) is 0 Å². The summed E-state index contributed by atoms with van der Waals surface area (Å²) in [6.07, 6.45) is 4.13. The first kappa shape index (κ1) is 14.8. The third-order valence-corrected chi connectivity index (χ3v) is 3.37. The smallest absolute Gasteiger partial charge is 0.422 e. The molecule has 0 aliphatic carbocycles. The molecule has 0 heterocycles. The predicted molar refractivity (Wildman–Crippen MR) is 74.2 cm³/mol. The number of esters is 1. The summed E-state index contributed by atoms with van der Waals surface area (Å²) < 4.78 is 5.03. The van der Waals surface area contributed by atoms with Crippen LogP contribution in [-0.2, 0) is 20.4 Å². The third-order valence-electron chi connectivity index (χ3n) is 2.14. The molecule has 96 valence electrons. The second-order valence-electron chi connectivity index (χ2n) is 3.78. The Labute approximate surface area is 114 Å². The molecular weight excluding hydrogens is 272 g/mol. The largest absolute Gasteiger partial charge is 0.452 e. The Balaban J connectivity index is 2.70. The molecule has 0 bridgehead atoms.